The molecular formula is C14H12Cl2N4OS. The fourth-order valence-corrected chi connectivity index (χ4v) is 3.36. The summed E-state index contributed by atoms with van der Waals surface area (Å²) in [6, 6.07) is 7.35. The normalized spacial score (nSPS) is 11.2. The average molecular weight is 355 g/mol. The molecule has 8 heteroatoms. The predicted molar refractivity (Wildman–Crippen MR) is 92.0 cm³/mol. The van der Waals surface area contributed by atoms with Crippen LogP contribution in [0.3, 0.4) is 0 Å². The van der Waals surface area contributed by atoms with E-state index in [0.717, 1.165) is 22.8 Å². The fraction of sp³-hybridized carbons (Fsp3) is 0.143. The zero-order chi connectivity index (χ0) is 15.7. The van der Waals surface area contributed by atoms with Crippen LogP contribution in [0.1, 0.15) is 5.69 Å². The maximum atomic E-state index is 11.7. The monoisotopic (exact) mass is 354 g/mol. The second kappa shape index (κ2) is 6.24. The van der Waals surface area contributed by atoms with E-state index < -0.39 is 0 Å². The van der Waals surface area contributed by atoms with Gasteiger partial charge in [0.1, 0.15) is 5.65 Å². The van der Waals surface area contributed by atoms with Crippen molar-refractivity contribution in [1.82, 2.24) is 15.0 Å². The quantitative estimate of drug-likeness (QED) is 0.626. The van der Waals surface area contributed by atoms with E-state index in [2.05, 4.69) is 15.0 Å². The number of aromatic nitrogens is 3. The fourth-order valence-electron chi connectivity index (χ4n) is 2.07. The van der Waals surface area contributed by atoms with Crippen molar-refractivity contribution in [3.8, 4) is 0 Å². The molecule has 0 bridgehead atoms. The molecule has 4 N–H and O–H groups in total. The number of fused-ring (bicyclic) bond motifs is 1. The number of anilines is 1. The molecule has 2 aromatic heterocycles. The molecule has 0 aliphatic carbocycles. The Bertz CT molecular complexity index is 890. The lowest BCUT2D eigenvalue weighted by molar-refractivity contribution is 1.08. The third-order valence-corrected chi connectivity index (χ3v) is 4.84. The standard InChI is InChI=1S/C14H12Cl2N4OS/c15-10-2-1-8(6-11(10)16)22-4-3-7-5-9-12(18-7)19-14(17)20-13(9)21/h1-2,5-6H,3-4H2,(H4,17,18,19,20,21). The number of H-pyrrole nitrogens is 2. The first kappa shape index (κ1) is 15.3. The topological polar surface area (TPSA) is 87.6 Å². The van der Waals surface area contributed by atoms with Crippen LogP contribution >= 0.6 is 35.0 Å². The minimum atomic E-state index is -0.234. The molecule has 22 heavy (non-hydrogen) atoms. The molecular weight excluding hydrogens is 343 g/mol. The molecule has 3 aromatic rings. The molecule has 0 aliphatic heterocycles. The van der Waals surface area contributed by atoms with Crippen molar-refractivity contribution < 1.29 is 0 Å². The lowest BCUT2D eigenvalue weighted by Gasteiger charge is -2.02. The molecule has 0 unspecified atom stereocenters. The van der Waals surface area contributed by atoms with E-state index in [0.29, 0.717) is 21.1 Å². The van der Waals surface area contributed by atoms with E-state index in [1.165, 1.54) is 0 Å². The van der Waals surface area contributed by atoms with Gasteiger partial charge in [-0.05, 0) is 30.7 Å². The maximum absolute atomic E-state index is 11.7. The Morgan fingerprint density at radius 1 is 1.18 bits per heavy atom. The molecule has 0 fully saturated rings. The highest BCUT2D eigenvalue weighted by Gasteiger charge is 2.07. The molecule has 0 amide bonds. The van der Waals surface area contributed by atoms with Crippen LogP contribution in [0.2, 0.25) is 10.0 Å². The van der Waals surface area contributed by atoms with Crippen molar-refractivity contribution in [2.45, 2.75) is 11.3 Å². The Kier molecular flexibility index (Phi) is 4.33. The van der Waals surface area contributed by atoms with E-state index in [9.17, 15) is 4.79 Å². The number of thioether (sulfide) groups is 1. The smallest absolute Gasteiger partial charge is 0.261 e. The Morgan fingerprint density at radius 2 is 2.00 bits per heavy atom. The van der Waals surface area contributed by atoms with Gasteiger partial charge in [0.05, 0.1) is 15.4 Å². The van der Waals surface area contributed by atoms with Gasteiger partial charge in [-0.25, -0.2) is 0 Å². The average Bonchev–Trinajstić information content (AvgIpc) is 2.86. The SMILES string of the molecule is Nc1nc2[nH]c(CCSc3ccc(Cl)c(Cl)c3)cc2c(=O)[nH]1. The summed E-state index contributed by atoms with van der Waals surface area (Å²) >= 11 is 13.5. The first-order valence-electron chi connectivity index (χ1n) is 6.48. The van der Waals surface area contributed by atoms with Gasteiger partial charge in [-0.2, -0.15) is 4.98 Å². The first-order valence-corrected chi connectivity index (χ1v) is 8.22. The Morgan fingerprint density at radius 3 is 2.77 bits per heavy atom. The number of halogens is 2. The number of hydrogen-bond acceptors (Lipinski definition) is 4. The number of aryl methyl sites for hydroxylation is 1. The minimum absolute atomic E-state index is 0.107. The summed E-state index contributed by atoms with van der Waals surface area (Å²) in [7, 11) is 0. The van der Waals surface area contributed by atoms with Crippen LogP contribution in [0.4, 0.5) is 5.95 Å². The maximum Gasteiger partial charge on any atom is 0.261 e. The number of benzene rings is 1. The van der Waals surface area contributed by atoms with Crippen molar-refractivity contribution in [3.63, 3.8) is 0 Å². The van der Waals surface area contributed by atoms with Gasteiger partial charge in [0.15, 0.2) is 0 Å². The van der Waals surface area contributed by atoms with Crippen LogP contribution in [-0.2, 0) is 6.42 Å². The number of hydrogen-bond donors (Lipinski definition) is 3. The summed E-state index contributed by atoms with van der Waals surface area (Å²) in [5.74, 6) is 0.939. The van der Waals surface area contributed by atoms with Crippen LogP contribution in [0.25, 0.3) is 11.0 Å². The van der Waals surface area contributed by atoms with E-state index in [4.69, 9.17) is 28.9 Å². The number of nitrogen functional groups attached to an aromatic ring is 1. The van der Waals surface area contributed by atoms with Crippen molar-refractivity contribution in [1.29, 1.82) is 0 Å². The molecule has 114 valence electrons. The lowest BCUT2D eigenvalue weighted by Crippen LogP contribution is -2.09. The van der Waals surface area contributed by atoms with E-state index in [1.807, 2.05) is 12.1 Å². The van der Waals surface area contributed by atoms with E-state index >= 15 is 0 Å². The van der Waals surface area contributed by atoms with Crippen LogP contribution in [-0.4, -0.2) is 20.7 Å². The molecule has 2 heterocycles. The molecule has 0 aliphatic rings. The summed E-state index contributed by atoms with van der Waals surface area (Å²) in [6.07, 6.45) is 0.765. The summed E-state index contributed by atoms with van der Waals surface area (Å²) in [5, 5.41) is 1.61. The highest BCUT2D eigenvalue weighted by molar-refractivity contribution is 7.99. The molecule has 3 rings (SSSR count). The summed E-state index contributed by atoms with van der Waals surface area (Å²) < 4.78 is 0. The second-order valence-electron chi connectivity index (χ2n) is 4.68. The van der Waals surface area contributed by atoms with Gasteiger partial charge in [0, 0.05) is 16.3 Å². The highest BCUT2D eigenvalue weighted by atomic mass is 35.5. The zero-order valence-electron chi connectivity index (χ0n) is 11.3. The van der Waals surface area contributed by atoms with E-state index in [-0.39, 0.29) is 11.5 Å². The Labute approximate surface area is 140 Å². The summed E-state index contributed by atoms with van der Waals surface area (Å²) in [4.78, 5) is 22.5. The van der Waals surface area contributed by atoms with Gasteiger partial charge in [0.2, 0.25) is 5.95 Å². The third kappa shape index (κ3) is 3.24. The molecule has 1 aromatic carbocycles. The van der Waals surface area contributed by atoms with Gasteiger partial charge in [-0.1, -0.05) is 23.2 Å². The van der Waals surface area contributed by atoms with Crippen LogP contribution in [0, 0.1) is 0 Å². The predicted octanol–water partition coefficient (Wildman–Crippen LogP) is 3.48. The largest absolute Gasteiger partial charge is 0.369 e. The van der Waals surface area contributed by atoms with Gasteiger partial charge >= 0.3 is 0 Å². The Hall–Kier alpha value is -1.63. The molecule has 0 spiro atoms. The van der Waals surface area contributed by atoms with E-state index in [1.54, 1.807) is 23.9 Å². The van der Waals surface area contributed by atoms with Gasteiger partial charge < -0.3 is 10.7 Å². The number of nitrogens with zero attached hydrogens (tertiary/aromatic N) is 1. The van der Waals surface area contributed by atoms with Gasteiger partial charge in [-0.3, -0.25) is 9.78 Å². The van der Waals surface area contributed by atoms with Gasteiger partial charge in [0.25, 0.3) is 5.56 Å². The molecule has 0 saturated carbocycles. The van der Waals surface area contributed by atoms with Crippen LogP contribution in [0.15, 0.2) is 34.0 Å². The summed E-state index contributed by atoms with van der Waals surface area (Å²) in [5.41, 5.74) is 6.73. The summed E-state index contributed by atoms with van der Waals surface area (Å²) in [6.45, 7) is 0. The van der Waals surface area contributed by atoms with Crippen LogP contribution < -0.4 is 11.3 Å². The molecule has 0 atom stereocenters. The highest BCUT2D eigenvalue weighted by Crippen LogP contribution is 2.28. The lowest BCUT2D eigenvalue weighted by atomic mass is 10.3. The molecule has 0 saturated heterocycles. The first-order chi connectivity index (χ1) is 10.5. The van der Waals surface area contributed by atoms with Crippen molar-refractivity contribution in [2.24, 2.45) is 0 Å². The van der Waals surface area contributed by atoms with Crippen molar-refractivity contribution in [2.75, 3.05) is 11.5 Å². The Balaban J connectivity index is 1.70. The zero-order valence-corrected chi connectivity index (χ0v) is 13.6. The van der Waals surface area contributed by atoms with Crippen molar-refractivity contribution in [3.05, 3.63) is 50.4 Å². The van der Waals surface area contributed by atoms with Crippen LogP contribution in [0.5, 0.6) is 0 Å². The number of rotatable bonds is 4. The number of nitrogens with one attached hydrogen (secondary N) is 2. The third-order valence-electron chi connectivity index (χ3n) is 3.10. The number of nitrogens with two attached hydrogens (primary N) is 1. The van der Waals surface area contributed by atoms with Gasteiger partial charge in [-0.15, -0.1) is 11.8 Å². The van der Waals surface area contributed by atoms with Crippen molar-refractivity contribution >= 4 is 51.9 Å². The second-order valence-corrected chi connectivity index (χ2v) is 6.67. The minimum Gasteiger partial charge on any atom is -0.369 e. The number of aromatic amines is 2. The molecule has 0 radical (unpaired) electrons. The molecule has 5 nitrogen and oxygen atoms in total.